The maximum Gasteiger partial charge on any atom is 0.134 e. The third kappa shape index (κ3) is 1.30. The van der Waals surface area contributed by atoms with Crippen LogP contribution in [0.1, 0.15) is 25.3 Å². The highest BCUT2D eigenvalue weighted by Gasteiger charge is 2.56. The van der Waals surface area contributed by atoms with Crippen molar-refractivity contribution in [2.45, 2.75) is 25.8 Å². The number of aromatic hydroxyl groups is 1. The van der Waals surface area contributed by atoms with E-state index in [0.29, 0.717) is 10.9 Å². The first-order chi connectivity index (χ1) is 6.44. The Morgan fingerprint density at radius 3 is 2.43 bits per heavy atom. The van der Waals surface area contributed by atoms with E-state index in [1.54, 1.807) is 12.1 Å². The van der Waals surface area contributed by atoms with Crippen LogP contribution in [0.5, 0.6) is 5.75 Å². The van der Waals surface area contributed by atoms with Crippen LogP contribution in [-0.2, 0) is 0 Å². The first kappa shape index (κ1) is 9.81. The smallest absolute Gasteiger partial charge is 0.134 e. The average Bonchev–Trinajstić information content (AvgIpc) is 2.58. The van der Waals surface area contributed by atoms with Crippen LogP contribution in [0.25, 0.3) is 0 Å². The van der Waals surface area contributed by atoms with Crippen LogP contribution in [0, 0.1) is 5.41 Å². The fourth-order valence-electron chi connectivity index (χ4n) is 2.03. The molecule has 0 heterocycles. The maximum absolute atomic E-state index is 9.28. The van der Waals surface area contributed by atoms with E-state index in [1.807, 2.05) is 6.07 Å². The van der Waals surface area contributed by atoms with Gasteiger partial charge < -0.3 is 10.8 Å². The van der Waals surface area contributed by atoms with Crippen LogP contribution in [0.2, 0.25) is 5.02 Å². The van der Waals surface area contributed by atoms with Crippen LogP contribution >= 0.6 is 11.6 Å². The number of phenolic OH excluding ortho intramolecular Hbond substituents is 1. The second-order valence-corrected chi connectivity index (χ2v) is 4.94. The van der Waals surface area contributed by atoms with Crippen molar-refractivity contribution in [2.24, 2.45) is 11.1 Å². The molecule has 76 valence electrons. The number of rotatable bonds is 1. The second-order valence-electron chi connectivity index (χ2n) is 4.54. The van der Waals surface area contributed by atoms with Gasteiger partial charge in [-0.05, 0) is 23.1 Å². The van der Waals surface area contributed by atoms with Gasteiger partial charge in [-0.1, -0.05) is 31.5 Å². The number of phenols is 1. The van der Waals surface area contributed by atoms with Crippen molar-refractivity contribution < 1.29 is 5.11 Å². The Labute approximate surface area is 88.7 Å². The lowest BCUT2D eigenvalue weighted by molar-refractivity contribution is 0.475. The zero-order chi connectivity index (χ0) is 10.5. The molecular weight excluding hydrogens is 198 g/mol. The van der Waals surface area contributed by atoms with Crippen LogP contribution in [0.3, 0.4) is 0 Å². The van der Waals surface area contributed by atoms with E-state index in [1.165, 1.54) is 0 Å². The third-order valence-corrected chi connectivity index (χ3v) is 3.54. The minimum atomic E-state index is 0.127. The highest BCUT2D eigenvalue weighted by atomic mass is 35.5. The topological polar surface area (TPSA) is 46.2 Å². The molecule has 0 saturated heterocycles. The summed E-state index contributed by atoms with van der Waals surface area (Å²) in [5.41, 5.74) is 7.23. The van der Waals surface area contributed by atoms with E-state index in [0.717, 1.165) is 5.56 Å². The minimum absolute atomic E-state index is 0.127. The molecule has 0 radical (unpaired) electrons. The Kier molecular flexibility index (Phi) is 2.02. The Morgan fingerprint density at radius 1 is 1.43 bits per heavy atom. The molecule has 3 N–H and O–H groups in total. The van der Waals surface area contributed by atoms with Crippen LogP contribution in [0.15, 0.2) is 18.2 Å². The summed E-state index contributed by atoms with van der Waals surface area (Å²) in [4.78, 5) is 0. The van der Waals surface area contributed by atoms with Gasteiger partial charge in [0.1, 0.15) is 5.75 Å². The summed E-state index contributed by atoms with van der Waals surface area (Å²) in [5, 5.41) is 9.68. The maximum atomic E-state index is 9.28. The van der Waals surface area contributed by atoms with E-state index >= 15 is 0 Å². The molecule has 2 nitrogen and oxygen atoms in total. The predicted octanol–water partition coefficient (Wildman–Crippen LogP) is 2.50. The van der Waals surface area contributed by atoms with Gasteiger partial charge in [0.2, 0.25) is 0 Å². The molecule has 2 rings (SSSR count). The highest BCUT2D eigenvalue weighted by molar-refractivity contribution is 6.32. The first-order valence-corrected chi connectivity index (χ1v) is 5.06. The summed E-state index contributed by atoms with van der Waals surface area (Å²) in [6.45, 7) is 4.28. The van der Waals surface area contributed by atoms with Gasteiger partial charge in [-0.25, -0.2) is 0 Å². The molecule has 0 amide bonds. The summed E-state index contributed by atoms with van der Waals surface area (Å²) >= 11 is 5.84. The van der Waals surface area contributed by atoms with Crippen molar-refractivity contribution in [1.29, 1.82) is 0 Å². The normalized spacial score (nSPS) is 28.9. The number of nitrogens with two attached hydrogens (primary N) is 1. The molecule has 1 fully saturated rings. The lowest BCUT2D eigenvalue weighted by Crippen LogP contribution is -2.06. The molecule has 0 aromatic heterocycles. The number of hydrogen-bond donors (Lipinski definition) is 2. The van der Waals surface area contributed by atoms with Crippen molar-refractivity contribution in [3.05, 3.63) is 28.8 Å². The quantitative estimate of drug-likeness (QED) is 0.750. The lowest BCUT2D eigenvalue weighted by Gasteiger charge is -2.04. The van der Waals surface area contributed by atoms with Gasteiger partial charge in [0, 0.05) is 12.0 Å². The summed E-state index contributed by atoms with van der Waals surface area (Å²) in [6.07, 6.45) is 0. The SMILES string of the molecule is CC1(C)[C@@H](N)[C@@H]1c1ccc(O)c(Cl)c1. The number of hydrogen-bond acceptors (Lipinski definition) is 2. The van der Waals surface area contributed by atoms with Crippen molar-refractivity contribution in [3.63, 3.8) is 0 Å². The second kappa shape index (κ2) is 2.88. The fraction of sp³-hybridized carbons (Fsp3) is 0.455. The molecule has 1 aliphatic carbocycles. The van der Waals surface area contributed by atoms with Gasteiger partial charge in [-0.15, -0.1) is 0 Å². The molecule has 0 spiro atoms. The first-order valence-electron chi connectivity index (χ1n) is 4.68. The van der Waals surface area contributed by atoms with Crippen molar-refractivity contribution in [3.8, 4) is 5.75 Å². The average molecular weight is 212 g/mol. The lowest BCUT2D eigenvalue weighted by atomic mass is 10.0. The van der Waals surface area contributed by atoms with Crippen molar-refractivity contribution >= 4 is 11.6 Å². The van der Waals surface area contributed by atoms with Crippen molar-refractivity contribution in [1.82, 2.24) is 0 Å². The molecule has 14 heavy (non-hydrogen) atoms. The standard InChI is InChI=1S/C11H14ClNO/c1-11(2)9(10(11)13)6-3-4-8(14)7(12)5-6/h3-5,9-10,14H,13H2,1-2H3/t9-,10-/m0/s1. The summed E-state index contributed by atoms with van der Waals surface area (Å²) in [7, 11) is 0. The van der Waals surface area contributed by atoms with Crippen LogP contribution in [-0.4, -0.2) is 11.1 Å². The van der Waals surface area contributed by atoms with Gasteiger partial charge in [-0.3, -0.25) is 0 Å². The van der Waals surface area contributed by atoms with E-state index < -0.39 is 0 Å². The third-order valence-electron chi connectivity index (χ3n) is 3.24. The van der Waals surface area contributed by atoms with Crippen LogP contribution in [0.4, 0.5) is 0 Å². The Hall–Kier alpha value is -0.730. The number of benzene rings is 1. The molecular formula is C11H14ClNO. The fourth-order valence-corrected chi connectivity index (χ4v) is 2.22. The van der Waals surface area contributed by atoms with Gasteiger partial charge in [-0.2, -0.15) is 0 Å². The molecule has 1 aromatic rings. The molecule has 0 aliphatic heterocycles. The van der Waals surface area contributed by atoms with Gasteiger partial charge >= 0.3 is 0 Å². The summed E-state index contributed by atoms with van der Waals surface area (Å²) < 4.78 is 0. The molecule has 1 aromatic carbocycles. The van der Waals surface area contributed by atoms with Gasteiger partial charge in [0.05, 0.1) is 5.02 Å². The molecule has 2 atom stereocenters. The zero-order valence-corrected chi connectivity index (χ0v) is 9.05. The Bertz CT molecular complexity index is 376. The van der Waals surface area contributed by atoms with Crippen LogP contribution < -0.4 is 5.73 Å². The van der Waals surface area contributed by atoms with E-state index in [4.69, 9.17) is 17.3 Å². The van der Waals surface area contributed by atoms with Gasteiger partial charge in [0.15, 0.2) is 0 Å². The Morgan fingerprint density at radius 2 is 2.00 bits per heavy atom. The zero-order valence-electron chi connectivity index (χ0n) is 8.29. The summed E-state index contributed by atoms with van der Waals surface area (Å²) in [6, 6.07) is 5.51. The largest absolute Gasteiger partial charge is 0.506 e. The monoisotopic (exact) mass is 211 g/mol. The molecule has 0 bridgehead atoms. The van der Waals surface area contributed by atoms with E-state index in [-0.39, 0.29) is 17.2 Å². The van der Waals surface area contributed by atoms with Crippen molar-refractivity contribution in [2.75, 3.05) is 0 Å². The molecule has 1 saturated carbocycles. The number of halogens is 1. The molecule has 1 aliphatic rings. The highest BCUT2D eigenvalue weighted by Crippen LogP contribution is 2.57. The van der Waals surface area contributed by atoms with Gasteiger partial charge in [0.25, 0.3) is 0 Å². The Balaban J connectivity index is 2.32. The molecule has 3 heteroatoms. The summed E-state index contributed by atoms with van der Waals surface area (Å²) in [5.74, 6) is 0.489. The molecule has 0 unspecified atom stereocenters. The minimum Gasteiger partial charge on any atom is -0.506 e. The van der Waals surface area contributed by atoms with E-state index in [2.05, 4.69) is 13.8 Å². The van der Waals surface area contributed by atoms with E-state index in [9.17, 15) is 5.11 Å². The predicted molar refractivity (Wildman–Crippen MR) is 57.6 cm³/mol.